The van der Waals surface area contributed by atoms with Crippen LogP contribution in [-0.2, 0) is 0 Å². The van der Waals surface area contributed by atoms with Crippen LogP contribution in [0.1, 0.15) is 0 Å². The number of thiazole rings is 1. The number of fused-ring (bicyclic) bond motifs is 3. The first-order chi connectivity index (χ1) is 9.43. The number of aromatic nitrogens is 3. The van der Waals surface area contributed by atoms with Crippen molar-refractivity contribution < 1.29 is 4.52 Å². The average molecular weight is 264 g/mol. The summed E-state index contributed by atoms with van der Waals surface area (Å²) in [5.41, 5.74) is 3.17. The summed E-state index contributed by atoms with van der Waals surface area (Å²) >= 11 is 1.70. The highest BCUT2D eigenvalue weighted by Crippen LogP contribution is 2.24. The zero-order valence-electron chi connectivity index (χ0n) is 10.0. The maximum absolute atomic E-state index is 4.32. The Morgan fingerprint density at radius 2 is 1.68 bits per heavy atom. The second kappa shape index (κ2) is 4.10. The SMILES string of the molecule is c1ccc(-c2csc3c4ccccc4nn[n+]23)cc1. The van der Waals surface area contributed by atoms with Crippen LogP contribution in [0.3, 0.4) is 0 Å². The first-order valence-corrected chi connectivity index (χ1v) is 6.92. The van der Waals surface area contributed by atoms with Crippen LogP contribution in [0, 0.1) is 0 Å². The highest BCUT2D eigenvalue weighted by atomic mass is 32.1. The van der Waals surface area contributed by atoms with Gasteiger partial charge in [-0.1, -0.05) is 58.3 Å². The van der Waals surface area contributed by atoms with Crippen molar-refractivity contribution >= 4 is 27.1 Å². The average Bonchev–Trinajstić information content (AvgIpc) is 2.92. The van der Waals surface area contributed by atoms with Crippen molar-refractivity contribution in [1.29, 1.82) is 0 Å². The molecule has 0 saturated heterocycles. The number of rotatable bonds is 1. The number of hydrogen-bond donors (Lipinski definition) is 0. The fourth-order valence-electron chi connectivity index (χ4n) is 2.22. The van der Waals surface area contributed by atoms with Crippen LogP contribution in [0.2, 0.25) is 0 Å². The Morgan fingerprint density at radius 1 is 0.895 bits per heavy atom. The van der Waals surface area contributed by atoms with Crippen molar-refractivity contribution in [3.8, 4) is 11.3 Å². The second-order valence-electron chi connectivity index (χ2n) is 4.31. The van der Waals surface area contributed by atoms with E-state index in [1.807, 2.05) is 40.9 Å². The normalized spacial score (nSPS) is 11.2. The molecule has 2 heterocycles. The first-order valence-electron chi connectivity index (χ1n) is 6.04. The van der Waals surface area contributed by atoms with Crippen LogP contribution < -0.4 is 4.52 Å². The molecule has 0 aliphatic heterocycles. The molecule has 4 aromatic rings. The third-order valence-electron chi connectivity index (χ3n) is 3.15. The maximum atomic E-state index is 4.32. The standard InChI is InChI=1S/C15H10N3S/c1-2-6-11(7-3-1)14-10-19-15-12-8-4-5-9-13(12)16-17-18(14)15/h1-10H/q+1. The summed E-state index contributed by atoms with van der Waals surface area (Å²) in [7, 11) is 0. The largest absolute Gasteiger partial charge is 0.222 e. The predicted octanol–water partition coefficient (Wildman–Crippen LogP) is 3.10. The molecule has 2 aromatic heterocycles. The minimum Gasteiger partial charge on any atom is -0.0951 e. The third-order valence-corrected chi connectivity index (χ3v) is 4.11. The lowest BCUT2D eigenvalue weighted by atomic mass is 10.2. The van der Waals surface area contributed by atoms with Crippen molar-refractivity contribution in [3.05, 3.63) is 60.0 Å². The van der Waals surface area contributed by atoms with Gasteiger partial charge in [-0.25, -0.2) is 0 Å². The van der Waals surface area contributed by atoms with Gasteiger partial charge in [-0.05, 0) is 12.1 Å². The highest BCUT2D eigenvalue weighted by molar-refractivity contribution is 7.16. The molecule has 0 amide bonds. The van der Waals surface area contributed by atoms with Crippen molar-refractivity contribution in [2.75, 3.05) is 0 Å². The second-order valence-corrected chi connectivity index (χ2v) is 5.17. The van der Waals surface area contributed by atoms with Crippen LogP contribution in [0.25, 0.3) is 27.0 Å². The van der Waals surface area contributed by atoms with Gasteiger partial charge in [0.25, 0.3) is 0 Å². The van der Waals surface area contributed by atoms with Gasteiger partial charge in [-0.2, -0.15) is 0 Å². The summed E-state index contributed by atoms with van der Waals surface area (Å²) in [5, 5.41) is 11.9. The summed E-state index contributed by atoms with van der Waals surface area (Å²) < 4.78 is 1.92. The molecule has 0 fully saturated rings. The predicted molar refractivity (Wildman–Crippen MR) is 76.0 cm³/mol. The zero-order chi connectivity index (χ0) is 12.7. The van der Waals surface area contributed by atoms with Crippen molar-refractivity contribution in [2.45, 2.75) is 0 Å². The molecule has 0 aliphatic carbocycles. The lowest BCUT2D eigenvalue weighted by molar-refractivity contribution is -0.570. The summed E-state index contributed by atoms with van der Waals surface area (Å²) in [4.78, 5) is 1.13. The number of benzene rings is 2. The maximum Gasteiger partial charge on any atom is 0.222 e. The Hall–Kier alpha value is -2.33. The third kappa shape index (κ3) is 1.61. The summed E-state index contributed by atoms with van der Waals surface area (Å²) in [6, 6.07) is 18.4. The Morgan fingerprint density at radius 3 is 2.58 bits per heavy atom. The van der Waals surface area contributed by atoms with Gasteiger partial charge in [0.1, 0.15) is 5.21 Å². The first kappa shape index (κ1) is 10.6. The molecule has 0 spiro atoms. The van der Waals surface area contributed by atoms with E-state index in [2.05, 4.69) is 33.9 Å². The number of hydrogen-bond acceptors (Lipinski definition) is 3. The number of nitrogens with zero attached hydrogens (tertiary/aromatic N) is 3. The minimum absolute atomic E-state index is 0.934. The van der Waals surface area contributed by atoms with Gasteiger partial charge in [0.05, 0.1) is 10.5 Å². The van der Waals surface area contributed by atoms with Crippen LogP contribution >= 0.6 is 11.3 Å². The van der Waals surface area contributed by atoms with Gasteiger partial charge >= 0.3 is 0 Å². The van der Waals surface area contributed by atoms with E-state index in [-0.39, 0.29) is 0 Å². The molecular weight excluding hydrogens is 254 g/mol. The quantitative estimate of drug-likeness (QED) is 0.494. The Bertz CT molecular complexity index is 868. The molecule has 0 saturated carbocycles. The molecule has 0 atom stereocenters. The Labute approximate surface area is 113 Å². The minimum atomic E-state index is 0.934. The van der Waals surface area contributed by atoms with Gasteiger partial charge in [0.2, 0.25) is 10.3 Å². The molecule has 4 heteroatoms. The zero-order valence-corrected chi connectivity index (χ0v) is 10.8. The van der Waals surface area contributed by atoms with Crippen LogP contribution in [0.4, 0.5) is 0 Å². The molecule has 0 bridgehead atoms. The van der Waals surface area contributed by atoms with Crippen LogP contribution in [0.15, 0.2) is 60.0 Å². The highest BCUT2D eigenvalue weighted by Gasteiger charge is 2.17. The van der Waals surface area contributed by atoms with Gasteiger partial charge in [-0.3, -0.25) is 0 Å². The van der Waals surface area contributed by atoms with Gasteiger partial charge in [-0.15, -0.1) is 0 Å². The lowest BCUT2D eigenvalue weighted by Crippen LogP contribution is -2.27. The molecule has 0 N–H and O–H groups in total. The van der Waals surface area contributed by atoms with Gasteiger partial charge < -0.3 is 0 Å². The Kier molecular flexibility index (Phi) is 2.28. The Balaban J connectivity index is 2.08. The van der Waals surface area contributed by atoms with E-state index < -0.39 is 0 Å². The monoisotopic (exact) mass is 264 g/mol. The molecule has 2 aromatic carbocycles. The van der Waals surface area contributed by atoms with E-state index >= 15 is 0 Å². The van der Waals surface area contributed by atoms with Crippen molar-refractivity contribution in [3.63, 3.8) is 0 Å². The van der Waals surface area contributed by atoms with E-state index in [1.165, 1.54) is 0 Å². The summed E-state index contributed by atoms with van der Waals surface area (Å²) in [6.45, 7) is 0. The van der Waals surface area contributed by atoms with E-state index in [4.69, 9.17) is 0 Å². The molecule has 90 valence electrons. The van der Waals surface area contributed by atoms with E-state index in [1.54, 1.807) is 11.3 Å². The molecule has 4 rings (SSSR count). The topological polar surface area (TPSA) is 29.9 Å². The van der Waals surface area contributed by atoms with Crippen molar-refractivity contribution in [1.82, 2.24) is 10.3 Å². The van der Waals surface area contributed by atoms with Crippen molar-refractivity contribution in [2.24, 2.45) is 0 Å². The van der Waals surface area contributed by atoms with E-state index in [0.717, 1.165) is 27.0 Å². The molecule has 0 unspecified atom stereocenters. The smallest absolute Gasteiger partial charge is 0.0951 e. The molecular formula is C15H10N3S+. The van der Waals surface area contributed by atoms with E-state index in [9.17, 15) is 0 Å². The summed E-state index contributed by atoms with van der Waals surface area (Å²) in [6.07, 6.45) is 0. The fraction of sp³-hybridized carbons (Fsp3) is 0. The van der Waals surface area contributed by atoms with Crippen LogP contribution in [-0.4, -0.2) is 10.3 Å². The lowest BCUT2D eigenvalue weighted by Gasteiger charge is -1.94. The molecule has 0 radical (unpaired) electrons. The molecule has 19 heavy (non-hydrogen) atoms. The van der Waals surface area contributed by atoms with E-state index in [0.29, 0.717) is 0 Å². The fourth-order valence-corrected chi connectivity index (χ4v) is 3.21. The van der Waals surface area contributed by atoms with Crippen LogP contribution in [0.5, 0.6) is 0 Å². The summed E-state index contributed by atoms with van der Waals surface area (Å²) in [5.74, 6) is 0. The molecule has 3 nitrogen and oxygen atoms in total. The van der Waals surface area contributed by atoms with Gasteiger partial charge in [0.15, 0.2) is 5.69 Å². The van der Waals surface area contributed by atoms with Gasteiger partial charge in [0, 0.05) is 10.9 Å². The molecule has 0 aliphatic rings.